The van der Waals surface area contributed by atoms with Crippen LogP contribution < -0.4 is 5.32 Å². The third-order valence-corrected chi connectivity index (χ3v) is 3.13. The van der Waals surface area contributed by atoms with Crippen molar-refractivity contribution in [1.29, 1.82) is 0 Å². The third-order valence-electron chi connectivity index (χ3n) is 3.13. The Morgan fingerprint density at radius 2 is 1.45 bits per heavy atom. The van der Waals surface area contributed by atoms with Crippen LogP contribution in [-0.2, 0) is 0 Å². The molecule has 2 aromatic carbocycles. The summed E-state index contributed by atoms with van der Waals surface area (Å²) in [6, 6.07) is 17.1. The third kappa shape index (κ3) is 4.10. The lowest BCUT2D eigenvalue weighted by atomic mass is 10.0. The number of alkyl halides is 3. The monoisotopic (exact) mass is 279 g/mol. The van der Waals surface area contributed by atoms with Crippen LogP contribution >= 0.6 is 0 Å². The molecule has 0 radical (unpaired) electrons. The van der Waals surface area contributed by atoms with Crippen molar-refractivity contribution in [3.05, 3.63) is 60.2 Å². The minimum absolute atomic E-state index is 0.332. The smallest absolute Gasteiger partial charge is 0.302 e. The van der Waals surface area contributed by atoms with E-state index in [0.717, 1.165) is 16.7 Å². The topological polar surface area (TPSA) is 12.0 Å². The predicted octanol–water partition coefficient (Wildman–Crippen LogP) is 4.57. The molecule has 0 aliphatic carbocycles. The molecule has 1 nitrogen and oxygen atoms in total. The summed E-state index contributed by atoms with van der Waals surface area (Å²) >= 11 is 0. The number of benzene rings is 2. The van der Waals surface area contributed by atoms with E-state index in [1.54, 1.807) is 6.92 Å². The van der Waals surface area contributed by atoms with Gasteiger partial charge in [-0.1, -0.05) is 54.6 Å². The molecule has 0 bridgehead atoms. The van der Waals surface area contributed by atoms with Gasteiger partial charge in [0.2, 0.25) is 0 Å². The van der Waals surface area contributed by atoms with E-state index in [1.165, 1.54) is 0 Å². The molecule has 0 spiro atoms. The summed E-state index contributed by atoms with van der Waals surface area (Å²) in [6.45, 7) is 0.748. The molecule has 0 amide bonds. The first-order valence-corrected chi connectivity index (χ1v) is 6.41. The van der Waals surface area contributed by atoms with Crippen LogP contribution in [0.5, 0.6) is 0 Å². The Kier molecular flexibility index (Phi) is 4.45. The van der Waals surface area contributed by atoms with E-state index in [1.807, 2.05) is 54.6 Å². The fourth-order valence-corrected chi connectivity index (χ4v) is 1.98. The van der Waals surface area contributed by atoms with Crippen molar-refractivity contribution in [2.45, 2.75) is 19.1 Å². The number of hydrogen-bond donors (Lipinski definition) is 1. The Morgan fingerprint density at radius 1 is 0.900 bits per heavy atom. The summed E-state index contributed by atoms with van der Waals surface area (Å²) in [5.74, 6) is 0. The fraction of sp³-hybridized carbons (Fsp3) is 0.250. The molecule has 1 N–H and O–H groups in total. The Morgan fingerprint density at radius 3 is 2.00 bits per heavy atom. The van der Waals surface area contributed by atoms with Gasteiger partial charge in [-0.25, -0.2) is 0 Å². The van der Waals surface area contributed by atoms with Crippen LogP contribution in [0.2, 0.25) is 0 Å². The van der Waals surface area contributed by atoms with Gasteiger partial charge in [0.05, 0.1) is 6.54 Å². The average Bonchev–Trinajstić information content (AvgIpc) is 2.45. The second-order valence-electron chi connectivity index (χ2n) is 4.71. The van der Waals surface area contributed by atoms with Crippen molar-refractivity contribution in [2.24, 2.45) is 0 Å². The largest absolute Gasteiger partial charge is 0.401 e. The van der Waals surface area contributed by atoms with Gasteiger partial charge < -0.3 is 5.32 Å². The Balaban J connectivity index is 2.05. The molecule has 2 rings (SSSR count). The van der Waals surface area contributed by atoms with Gasteiger partial charge in [-0.3, -0.25) is 0 Å². The minimum atomic E-state index is -4.18. The zero-order valence-corrected chi connectivity index (χ0v) is 11.1. The van der Waals surface area contributed by atoms with Crippen LogP contribution in [0.4, 0.5) is 13.2 Å². The van der Waals surface area contributed by atoms with Gasteiger partial charge in [-0.15, -0.1) is 0 Å². The van der Waals surface area contributed by atoms with Gasteiger partial charge in [0, 0.05) is 6.04 Å². The van der Waals surface area contributed by atoms with Crippen molar-refractivity contribution in [3.8, 4) is 11.1 Å². The van der Waals surface area contributed by atoms with Gasteiger partial charge in [-0.2, -0.15) is 13.2 Å². The number of nitrogens with one attached hydrogen (secondary N) is 1. The van der Waals surface area contributed by atoms with Crippen molar-refractivity contribution < 1.29 is 13.2 Å². The molecule has 0 saturated carbocycles. The molecule has 106 valence electrons. The van der Waals surface area contributed by atoms with E-state index in [0.29, 0.717) is 0 Å². The highest BCUT2D eigenvalue weighted by Gasteiger charge is 2.27. The second kappa shape index (κ2) is 6.09. The Labute approximate surface area is 116 Å². The van der Waals surface area contributed by atoms with Gasteiger partial charge in [0.15, 0.2) is 0 Å². The highest BCUT2D eigenvalue weighted by atomic mass is 19.4. The minimum Gasteiger partial charge on any atom is -0.302 e. The van der Waals surface area contributed by atoms with E-state index in [9.17, 15) is 13.2 Å². The lowest BCUT2D eigenvalue weighted by molar-refractivity contribution is -0.126. The molecular weight excluding hydrogens is 263 g/mol. The maximum Gasteiger partial charge on any atom is 0.401 e. The molecule has 2 aromatic rings. The van der Waals surface area contributed by atoms with E-state index >= 15 is 0 Å². The van der Waals surface area contributed by atoms with Crippen molar-refractivity contribution >= 4 is 0 Å². The maximum absolute atomic E-state index is 12.2. The first-order valence-electron chi connectivity index (χ1n) is 6.41. The summed E-state index contributed by atoms with van der Waals surface area (Å²) < 4.78 is 36.5. The summed E-state index contributed by atoms with van der Waals surface area (Å²) in [5, 5.41) is 2.47. The summed E-state index contributed by atoms with van der Waals surface area (Å²) in [4.78, 5) is 0. The summed E-state index contributed by atoms with van der Waals surface area (Å²) in [5.41, 5.74) is 2.99. The zero-order valence-electron chi connectivity index (χ0n) is 11.1. The van der Waals surface area contributed by atoms with Crippen LogP contribution in [-0.4, -0.2) is 12.7 Å². The lowest BCUT2D eigenvalue weighted by Crippen LogP contribution is -2.30. The highest BCUT2D eigenvalue weighted by Crippen LogP contribution is 2.22. The van der Waals surface area contributed by atoms with Crippen LogP contribution in [0.25, 0.3) is 11.1 Å². The van der Waals surface area contributed by atoms with Gasteiger partial charge in [-0.05, 0) is 23.6 Å². The van der Waals surface area contributed by atoms with E-state index in [-0.39, 0.29) is 6.04 Å². The second-order valence-corrected chi connectivity index (χ2v) is 4.71. The van der Waals surface area contributed by atoms with Crippen LogP contribution in [0, 0.1) is 0 Å². The molecule has 0 aliphatic rings. The Bertz CT molecular complexity index is 532. The maximum atomic E-state index is 12.2. The van der Waals surface area contributed by atoms with E-state index in [4.69, 9.17) is 0 Å². The molecule has 0 aliphatic heterocycles. The summed E-state index contributed by atoms with van der Waals surface area (Å²) in [7, 11) is 0. The normalized spacial score (nSPS) is 13.2. The molecule has 20 heavy (non-hydrogen) atoms. The van der Waals surface area contributed by atoms with E-state index < -0.39 is 12.7 Å². The number of halogens is 3. The van der Waals surface area contributed by atoms with Gasteiger partial charge >= 0.3 is 6.18 Å². The molecule has 0 heterocycles. The SMILES string of the molecule is CC(NCC(F)(F)F)c1ccc(-c2ccccc2)cc1. The first kappa shape index (κ1) is 14.6. The van der Waals surface area contributed by atoms with Crippen LogP contribution in [0.15, 0.2) is 54.6 Å². The van der Waals surface area contributed by atoms with Crippen molar-refractivity contribution in [3.63, 3.8) is 0 Å². The van der Waals surface area contributed by atoms with Crippen molar-refractivity contribution in [2.75, 3.05) is 6.54 Å². The quantitative estimate of drug-likeness (QED) is 0.864. The lowest BCUT2D eigenvalue weighted by Gasteiger charge is -2.16. The molecule has 0 aromatic heterocycles. The molecule has 1 unspecified atom stereocenters. The highest BCUT2D eigenvalue weighted by molar-refractivity contribution is 5.63. The molecule has 0 fully saturated rings. The number of hydrogen-bond acceptors (Lipinski definition) is 1. The van der Waals surface area contributed by atoms with Gasteiger partial charge in [0.1, 0.15) is 0 Å². The first-order chi connectivity index (χ1) is 9.46. The predicted molar refractivity (Wildman–Crippen MR) is 74.4 cm³/mol. The molecule has 1 atom stereocenters. The van der Waals surface area contributed by atoms with E-state index in [2.05, 4.69) is 5.32 Å². The van der Waals surface area contributed by atoms with Crippen molar-refractivity contribution in [1.82, 2.24) is 5.32 Å². The van der Waals surface area contributed by atoms with Gasteiger partial charge in [0.25, 0.3) is 0 Å². The summed E-state index contributed by atoms with van der Waals surface area (Å²) in [6.07, 6.45) is -4.18. The average molecular weight is 279 g/mol. The molecular formula is C16H16F3N. The molecule has 4 heteroatoms. The van der Waals surface area contributed by atoms with Crippen LogP contribution in [0.3, 0.4) is 0 Å². The van der Waals surface area contributed by atoms with Crippen LogP contribution in [0.1, 0.15) is 18.5 Å². The zero-order chi connectivity index (χ0) is 14.6. The standard InChI is InChI=1S/C16H16F3N/c1-12(20-11-16(17,18)19)13-7-9-15(10-8-13)14-5-3-2-4-6-14/h2-10,12,20H,11H2,1H3. The Hall–Kier alpha value is -1.81. The number of rotatable bonds is 4. The molecule has 0 saturated heterocycles. The fourth-order valence-electron chi connectivity index (χ4n) is 1.98.